The van der Waals surface area contributed by atoms with Gasteiger partial charge in [-0.1, -0.05) is 13.8 Å². The maximum Gasteiger partial charge on any atom is 0.128 e. The van der Waals surface area contributed by atoms with Gasteiger partial charge in [-0.05, 0) is 25.1 Å². The van der Waals surface area contributed by atoms with E-state index in [0.717, 1.165) is 6.54 Å². The van der Waals surface area contributed by atoms with Crippen LogP contribution in [-0.2, 0) is 0 Å². The molecule has 3 unspecified atom stereocenters. The van der Waals surface area contributed by atoms with Crippen molar-refractivity contribution in [2.75, 3.05) is 23.8 Å². The van der Waals surface area contributed by atoms with E-state index in [9.17, 15) is 0 Å². The zero-order chi connectivity index (χ0) is 13.8. The highest BCUT2D eigenvalue weighted by molar-refractivity contribution is 8.07. The van der Waals surface area contributed by atoms with Crippen molar-refractivity contribution in [1.82, 2.24) is 10.3 Å². The molecule has 3 N–H and O–H groups in total. The van der Waals surface area contributed by atoms with E-state index < -0.39 is 0 Å². The fourth-order valence-corrected chi connectivity index (χ4v) is 5.54. The maximum absolute atomic E-state index is 6.14. The molecule has 1 aromatic rings. The molecule has 1 aliphatic rings. The molecule has 3 nitrogen and oxygen atoms in total. The summed E-state index contributed by atoms with van der Waals surface area (Å²) < 4.78 is 0. The Labute approximate surface area is 124 Å². The van der Waals surface area contributed by atoms with E-state index in [0.29, 0.717) is 22.4 Å². The van der Waals surface area contributed by atoms with E-state index in [2.05, 4.69) is 60.7 Å². The van der Waals surface area contributed by atoms with Gasteiger partial charge in [0.25, 0.3) is 0 Å². The van der Waals surface area contributed by atoms with Gasteiger partial charge in [-0.3, -0.25) is 0 Å². The second kappa shape index (κ2) is 6.86. The van der Waals surface area contributed by atoms with Crippen LogP contribution in [-0.4, -0.2) is 33.5 Å². The van der Waals surface area contributed by atoms with Crippen molar-refractivity contribution in [2.45, 2.75) is 37.3 Å². The van der Waals surface area contributed by atoms with Crippen LogP contribution in [0.25, 0.3) is 0 Å². The van der Waals surface area contributed by atoms with Crippen molar-refractivity contribution in [3.63, 3.8) is 0 Å². The zero-order valence-corrected chi connectivity index (χ0v) is 13.5. The van der Waals surface area contributed by atoms with Crippen LogP contribution in [0.1, 0.15) is 31.0 Å². The summed E-state index contributed by atoms with van der Waals surface area (Å²) in [5, 5.41) is 4.83. The summed E-state index contributed by atoms with van der Waals surface area (Å²) in [7, 11) is 0. The summed E-state index contributed by atoms with van der Waals surface area (Å²) in [6.07, 6.45) is 1.80. The molecular formula is C14H23N3S2. The Hall–Kier alpha value is -0.390. The van der Waals surface area contributed by atoms with Crippen molar-refractivity contribution < 1.29 is 0 Å². The van der Waals surface area contributed by atoms with E-state index in [1.807, 2.05) is 0 Å². The first-order chi connectivity index (χ1) is 9.15. The van der Waals surface area contributed by atoms with Crippen molar-refractivity contribution in [3.8, 4) is 0 Å². The van der Waals surface area contributed by atoms with Gasteiger partial charge in [-0.25, -0.2) is 4.98 Å². The molecule has 106 valence electrons. The van der Waals surface area contributed by atoms with Gasteiger partial charge in [0.1, 0.15) is 5.82 Å². The van der Waals surface area contributed by atoms with E-state index in [1.54, 1.807) is 6.20 Å². The summed E-state index contributed by atoms with van der Waals surface area (Å²) in [5.74, 6) is 3.15. The molecule has 0 spiro atoms. The van der Waals surface area contributed by atoms with Gasteiger partial charge in [0.15, 0.2) is 0 Å². The fourth-order valence-electron chi connectivity index (χ4n) is 2.61. The first-order valence-corrected chi connectivity index (χ1v) is 8.92. The van der Waals surface area contributed by atoms with Gasteiger partial charge in [-0.15, -0.1) is 0 Å². The predicted octanol–water partition coefficient (Wildman–Crippen LogP) is 2.86. The quantitative estimate of drug-likeness (QED) is 0.895. The second-order valence-corrected chi connectivity index (χ2v) is 7.64. The predicted molar refractivity (Wildman–Crippen MR) is 88.0 cm³/mol. The monoisotopic (exact) mass is 297 g/mol. The highest BCUT2D eigenvalue weighted by atomic mass is 32.2. The van der Waals surface area contributed by atoms with Crippen LogP contribution in [0.15, 0.2) is 12.3 Å². The molecule has 19 heavy (non-hydrogen) atoms. The van der Waals surface area contributed by atoms with Gasteiger partial charge < -0.3 is 11.1 Å². The number of hydrogen-bond acceptors (Lipinski definition) is 5. The number of nitrogens with two attached hydrogens (primary N) is 1. The molecule has 1 aromatic heterocycles. The number of anilines is 1. The Morgan fingerprint density at radius 2 is 2.21 bits per heavy atom. The molecule has 2 heterocycles. The Kier molecular flexibility index (Phi) is 5.42. The average molecular weight is 297 g/mol. The minimum absolute atomic E-state index is 0.298. The summed E-state index contributed by atoms with van der Waals surface area (Å²) >= 11 is 4.13. The lowest BCUT2D eigenvalue weighted by Gasteiger charge is -2.36. The Morgan fingerprint density at radius 3 is 2.84 bits per heavy atom. The summed E-state index contributed by atoms with van der Waals surface area (Å²) in [5.41, 5.74) is 8.57. The molecule has 1 fully saturated rings. The third-order valence-corrected chi connectivity index (χ3v) is 6.73. The Balaban J connectivity index is 2.33. The van der Waals surface area contributed by atoms with Crippen LogP contribution in [0.3, 0.4) is 0 Å². The molecule has 5 heteroatoms. The molecule has 3 atom stereocenters. The molecule has 0 aliphatic carbocycles. The number of hydrogen-bond donors (Lipinski definition) is 2. The van der Waals surface area contributed by atoms with Crippen molar-refractivity contribution in [3.05, 3.63) is 23.4 Å². The molecule has 1 saturated heterocycles. The van der Waals surface area contributed by atoms with Gasteiger partial charge in [0, 0.05) is 39.8 Å². The number of pyridine rings is 1. The van der Waals surface area contributed by atoms with Crippen LogP contribution in [0, 0.1) is 6.92 Å². The number of nitrogen functional groups attached to an aromatic ring is 1. The highest BCUT2D eigenvalue weighted by Crippen LogP contribution is 2.40. The third kappa shape index (κ3) is 3.38. The van der Waals surface area contributed by atoms with Gasteiger partial charge in [-0.2, -0.15) is 23.5 Å². The maximum atomic E-state index is 6.14. The number of nitrogens with zero attached hydrogens (tertiary/aromatic N) is 1. The van der Waals surface area contributed by atoms with Crippen molar-refractivity contribution >= 4 is 29.3 Å². The van der Waals surface area contributed by atoms with Gasteiger partial charge in [0.2, 0.25) is 0 Å². The van der Waals surface area contributed by atoms with Crippen LogP contribution < -0.4 is 11.1 Å². The van der Waals surface area contributed by atoms with Crippen molar-refractivity contribution in [2.24, 2.45) is 0 Å². The largest absolute Gasteiger partial charge is 0.383 e. The van der Waals surface area contributed by atoms with Gasteiger partial charge >= 0.3 is 0 Å². The molecule has 0 bridgehead atoms. The van der Waals surface area contributed by atoms with Crippen LogP contribution in [0.2, 0.25) is 0 Å². The molecule has 0 saturated carbocycles. The average Bonchev–Trinajstić information content (AvgIpc) is 2.38. The molecule has 0 radical (unpaired) electrons. The topological polar surface area (TPSA) is 50.9 Å². The van der Waals surface area contributed by atoms with Crippen LogP contribution in [0.5, 0.6) is 0 Å². The lowest BCUT2D eigenvalue weighted by Crippen LogP contribution is -2.38. The Bertz CT molecular complexity index is 405. The highest BCUT2D eigenvalue weighted by Gasteiger charge is 2.32. The third-order valence-electron chi connectivity index (χ3n) is 3.54. The summed E-state index contributed by atoms with van der Waals surface area (Å²) in [6, 6.07) is 2.35. The lowest BCUT2D eigenvalue weighted by atomic mass is 9.98. The standard InChI is InChI=1S/C14H23N3S2/c1-4-16-12(13-10(3)18-7-8-19-13)11-9(2)5-6-17-14(11)15/h5-6,10,12-13,16H,4,7-8H2,1-3H3,(H2,15,17). The van der Waals surface area contributed by atoms with E-state index >= 15 is 0 Å². The number of aromatic nitrogens is 1. The number of rotatable bonds is 4. The number of nitrogens with one attached hydrogen (secondary N) is 1. The van der Waals surface area contributed by atoms with Gasteiger partial charge in [0.05, 0.1) is 0 Å². The fraction of sp³-hybridized carbons (Fsp3) is 0.643. The van der Waals surface area contributed by atoms with Crippen LogP contribution in [0.4, 0.5) is 5.82 Å². The first kappa shape index (κ1) is 15.0. The van der Waals surface area contributed by atoms with Crippen molar-refractivity contribution in [1.29, 1.82) is 0 Å². The number of aryl methyl sites for hydroxylation is 1. The summed E-state index contributed by atoms with van der Waals surface area (Å²) in [6.45, 7) is 7.56. The smallest absolute Gasteiger partial charge is 0.128 e. The van der Waals surface area contributed by atoms with E-state index in [-0.39, 0.29) is 0 Å². The second-order valence-electron chi connectivity index (χ2n) is 4.87. The first-order valence-electron chi connectivity index (χ1n) is 6.82. The Morgan fingerprint density at radius 1 is 1.47 bits per heavy atom. The molecule has 1 aliphatic heterocycles. The SMILES string of the molecule is CCNC(c1c(C)ccnc1N)C1SCCSC1C. The van der Waals surface area contributed by atoms with E-state index in [4.69, 9.17) is 5.73 Å². The lowest BCUT2D eigenvalue weighted by molar-refractivity contribution is 0.524. The van der Waals surface area contributed by atoms with E-state index in [1.165, 1.54) is 22.6 Å². The minimum Gasteiger partial charge on any atom is -0.383 e. The minimum atomic E-state index is 0.298. The molecule has 2 rings (SSSR count). The zero-order valence-electron chi connectivity index (χ0n) is 11.8. The normalized spacial score (nSPS) is 25.2. The molecule has 0 amide bonds. The molecule has 0 aromatic carbocycles. The number of thioether (sulfide) groups is 2. The van der Waals surface area contributed by atoms with Crippen LogP contribution >= 0.6 is 23.5 Å². The molecular weight excluding hydrogens is 274 g/mol. The summed E-state index contributed by atoms with van der Waals surface area (Å²) in [4.78, 5) is 4.28.